The number of nitrogens with zero attached hydrogens (tertiary/aromatic N) is 4. The van der Waals surface area contributed by atoms with Gasteiger partial charge < -0.3 is 9.80 Å². The van der Waals surface area contributed by atoms with Crippen LogP contribution in [-0.2, 0) is 4.79 Å². The highest BCUT2D eigenvalue weighted by molar-refractivity contribution is 5.79. The molecular formula is C16H24N4O. The zero-order valence-electron chi connectivity index (χ0n) is 12.8. The molecule has 21 heavy (non-hydrogen) atoms. The molecule has 3 rings (SSSR count). The molecular weight excluding hydrogens is 264 g/mol. The Labute approximate surface area is 126 Å². The van der Waals surface area contributed by atoms with Crippen LogP contribution in [-0.4, -0.2) is 47.0 Å². The third-order valence-electron chi connectivity index (χ3n) is 4.61. The van der Waals surface area contributed by atoms with Gasteiger partial charge in [0.2, 0.25) is 5.91 Å². The van der Waals surface area contributed by atoms with Crippen molar-refractivity contribution >= 4 is 11.7 Å². The third kappa shape index (κ3) is 3.34. The number of anilines is 1. The van der Waals surface area contributed by atoms with Gasteiger partial charge in [-0.2, -0.15) is 0 Å². The van der Waals surface area contributed by atoms with Gasteiger partial charge in [0.25, 0.3) is 0 Å². The summed E-state index contributed by atoms with van der Waals surface area (Å²) in [6, 6.07) is 0. The van der Waals surface area contributed by atoms with Gasteiger partial charge >= 0.3 is 0 Å². The SMILES string of the molecule is Cc1cncc(N2CCN(C(=O)C3CCCCC3)CC2)n1. The largest absolute Gasteiger partial charge is 0.352 e. The minimum absolute atomic E-state index is 0.282. The molecule has 1 aromatic heterocycles. The minimum atomic E-state index is 0.282. The lowest BCUT2D eigenvalue weighted by Gasteiger charge is -2.37. The molecule has 2 aliphatic rings. The molecule has 114 valence electrons. The van der Waals surface area contributed by atoms with Crippen molar-refractivity contribution in [1.29, 1.82) is 0 Å². The van der Waals surface area contributed by atoms with Gasteiger partial charge in [-0.3, -0.25) is 9.78 Å². The van der Waals surface area contributed by atoms with E-state index in [9.17, 15) is 4.79 Å². The van der Waals surface area contributed by atoms with Crippen LogP contribution in [0.15, 0.2) is 12.4 Å². The first-order valence-electron chi connectivity index (χ1n) is 8.06. The Hall–Kier alpha value is -1.65. The lowest BCUT2D eigenvalue weighted by molar-refractivity contribution is -0.136. The van der Waals surface area contributed by atoms with Crippen molar-refractivity contribution in [2.45, 2.75) is 39.0 Å². The maximum absolute atomic E-state index is 12.5. The molecule has 0 radical (unpaired) electrons. The van der Waals surface area contributed by atoms with Crippen LogP contribution in [0.5, 0.6) is 0 Å². The topological polar surface area (TPSA) is 49.3 Å². The molecule has 1 aliphatic carbocycles. The van der Waals surface area contributed by atoms with Crippen molar-refractivity contribution in [1.82, 2.24) is 14.9 Å². The molecule has 5 heteroatoms. The van der Waals surface area contributed by atoms with E-state index in [-0.39, 0.29) is 5.92 Å². The van der Waals surface area contributed by atoms with Crippen LogP contribution in [0.25, 0.3) is 0 Å². The van der Waals surface area contributed by atoms with E-state index < -0.39 is 0 Å². The Morgan fingerprint density at radius 1 is 1.10 bits per heavy atom. The van der Waals surface area contributed by atoms with E-state index in [2.05, 4.69) is 19.8 Å². The summed E-state index contributed by atoms with van der Waals surface area (Å²) in [4.78, 5) is 25.5. The first-order chi connectivity index (χ1) is 10.2. The molecule has 5 nitrogen and oxygen atoms in total. The number of carbonyl (C=O) groups is 1. The van der Waals surface area contributed by atoms with Gasteiger partial charge in [-0.15, -0.1) is 0 Å². The quantitative estimate of drug-likeness (QED) is 0.835. The summed E-state index contributed by atoms with van der Waals surface area (Å²) < 4.78 is 0. The van der Waals surface area contributed by atoms with E-state index in [0.29, 0.717) is 5.91 Å². The van der Waals surface area contributed by atoms with Crippen molar-refractivity contribution in [2.24, 2.45) is 5.92 Å². The number of piperazine rings is 1. The van der Waals surface area contributed by atoms with E-state index in [1.54, 1.807) is 6.20 Å². The van der Waals surface area contributed by atoms with Crippen molar-refractivity contribution in [3.05, 3.63) is 18.1 Å². The van der Waals surface area contributed by atoms with E-state index in [4.69, 9.17) is 0 Å². The molecule has 0 bridgehead atoms. The predicted molar refractivity (Wildman–Crippen MR) is 82.1 cm³/mol. The molecule has 0 aromatic carbocycles. The van der Waals surface area contributed by atoms with Crippen LogP contribution in [0.1, 0.15) is 37.8 Å². The number of rotatable bonds is 2. The summed E-state index contributed by atoms with van der Waals surface area (Å²) >= 11 is 0. The number of carbonyl (C=O) groups excluding carboxylic acids is 1. The van der Waals surface area contributed by atoms with Gasteiger partial charge in [0.05, 0.1) is 11.9 Å². The molecule has 0 unspecified atom stereocenters. The second kappa shape index (κ2) is 6.41. The van der Waals surface area contributed by atoms with Crippen LogP contribution in [0.2, 0.25) is 0 Å². The third-order valence-corrected chi connectivity index (χ3v) is 4.61. The average molecular weight is 288 g/mol. The molecule has 1 amide bonds. The second-order valence-electron chi connectivity index (χ2n) is 6.17. The molecule has 2 fully saturated rings. The fourth-order valence-electron chi connectivity index (χ4n) is 3.37. The van der Waals surface area contributed by atoms with Crippen molar-refractivity contribution in [2.75, 3.05) is 31.1 Å². The predicted octanol–water partition coefficient (Wildman–Crippen LogP) is 2.01. The number of aryl methyl sites for hydroxylation is 1. The fraction of sp³-hybridized carbons (Fsp3) is 0.688. The molecule has 1 aliphatic heterocycles. The van der Waals surface area contributed by atoms with Crippen molar-refractivity contribution < 1.29 is 4.79 Å². The summed E-state index contributed by atoms with van der Waals surface area (Å²) in [5.74, 6) is 1.59. The van der Waals surface area contributed by atoms with Gasteiger partial charge in [-0.25, -0.2) is 4.98 Å². The number of hydrogen-bond donors (Lipinski definition) is 0. The van der Waals surface area contributed by atoms with Crippen LogP contribution in [0.4, 0.5) is 5.82 Å². The Morgan fingerprint density at radius 2 is 1.81 bits per heavy atom. The average Bonchev–Trinajstić information content (AvgIpc) is 2.55. The van der Waals surface area contributed by atoms with Crippen LogP contribution >= 0.6 is 0 Å². The summed E-state index contributed by atoms with van der Waals surface area (Å²) in [5.41, 5.74) is 0.938. The number of hydrogen-bond acceptors (Lipinski definition) is 4. The first-order valence-corrected chi connectivity index (χ1v) is 8.06. The van der Waals surface area contributed by atoms with Gasteiger partial charge in [0.1, 0.15) is 5.82 Å². The Morgan fingerprint density at radius 3 is 2.48 bits per heavy atom. The number of amides is 1. The highest BCUT2D eigenvalue weighted by Gasteiger charge is 2.28. The molecule has 1 saturated carbocycles. The Bertz CT molecular complexity index is 491. The van der Waals surface area contributed by atoms with Crippen molar-refractivity contribution in [3.63, 3.8) is 0 Å². The van der Waals surface area contributed by atoms with Gasteiger partial charge in [-0.05, 0) is 19.8 Å². The summed E-state index contributed by atoms with van der Waals surface area (Å²) in [6.07, 6.45) is 9.48. The summed E-state index contributed by atoms with van der Waals surface area (Å²) in [6.45, 7) is 5.29. The molecule has 0 N–H and O–H groups in total. The maximum Gasteiger partial charge on any atom is 0.225 e. The standard InChI is InChI=1S/C16H24N4O/c1-13-11-17-12-15(18-13)19-7-9-20(10-8-19)16(21)14-5-3-2-4-6-14/h11-12,14H,2-10H2,1H3. The fourth-order valence-corrected chi connectivity index (χ4v) is 3.37. The smallest absolute Gasteiger partial charge is 0.225 e. The molecule has 0 atom stereocenters. The first kappa shape index (κ1) is 14.3. The van der Waals surface area contributed by atoms with E-state index >= 15 is 0 Å². The lowest BCUT2D eigenvalue weighted by Crippen LogP contribution is -2.50. The molecule has 1 aromatic rings. The summed E-state index contributed by atoms with van der Waals surface area (Å²) in [5, 5.41) is 0. The van der Waals surface area contributed by atoms with Crippen LogP contribution < -0.4 is 4.90 Å². The van der Waals surface area contributed by atoms with Crippen molar-refractivity contribution in [3.8, 4) is 0 Å². The van der Waals surface area contributed by atoms with E-state index in [0.717, 1.165) is 50.5 Å². The highest BCUT2D eigenvalue weighted by atomic mass is 16.2. The zero-order valence-corrected chi connectivity index (χ0v) is 12.8. The Kier molecular flexibility index (Phi) is 4.36. The molecule has 0 spiro atoms. The Balaban J connectivity index is 1.56. The second-order valence-corrected chi connectivity index (χ2v) is 6.17. The number of aromatic nitrogens is 2. The van der Waals surface area contributed by atoms with Crippen LogP contribution in [0.3, 0.4) is 0 Å². The van der Waals surface area contributed by atoms with Gasteiger partial charge in [0, 0.05) is 38.3 Å². The van der Waals surface area contributed by atoms with E-state index in [1.165, 1.54) is 19.3 Å². The van der Waals surface area contributed by atoms with Gasteiger partial charge in [0.15, 0.2) is 0 Å². The molecule has 2 heterocycles. The van der Waals surface area contributed by atoms with Crippen LogP contribution in [0, 0.1) is 12.8 Å². The highest BCUT2D eigenvalue weighted by Crippen LogP contribution is 2.26. The lowest BCUT2D eigenvalue weighted by atomic mass is 9.88. The maximum atomic E-state index is 12.5. The zero-order chi connectivity index (χ0) is 14.7. The van der Waals surface area contributed by atoms with E-state index in [1.807, 2.05) is 13.1 Å². The van der Waals surface area contributed by atoms with Gasteiger partial charge in [-0.1, -0.05) is 19.3 Å². The molecule has 1 saturated heterocycles. The summed E-state index contributed by atoms with van der Waals surface area (Å²) in [7, 11) is 0. The monoisotopic (exact) mass is 288 g/mol. The minimum Gasteiger partial charge on any atom is -0.352 e. The normalized spacial score (nSPS) is 20.6.